The summed E-state index contributed by atoms with van der Waals surface area (Å²) in [4.78, 5) is 25.9. The summed E-state index contributed by atoms with van der Waals surface area (Å²) in [5, 5.41) is 14.7. The van der Waals surface area contributed by atoms with Crippen LogP contribution in [0.2, 0.25) is 0 Å². The molecule has 0 aliphatic carbocycles. The summed E-state index contributed by atoms with van der Waals surface area (Å²) in [5.74, 6) is -0.609. The van der Waals surface area contributed by atoms with E-state index in [1.165, 1.54) is 12.3 Å². The summed E-state index contributed by atoms with van der Waals surface area (Å²) in [6.07, 6.45) is 2.46. The molecule has 1 aromatic rings. The van der Waals surface area contributed by atoms with Crippen molar-refractivity contribution in [3.8, 4) is 0 Å². The SMILES string of the molecule is Nc1cnc(NC2CCC(=O)NC2)cc1C(=O)O. The fourth-order valence-electron chi connectivity index (χ4n) is 1.80. The van der Waals surface area contributed by atoms with Gasteiger partial charge in [0.2, 0.25) is 5.91 Å². The van der Waals surface area contributed by atoms with Crippen LogP contribution in [0.3, 0.4) is 0 Å². The fraction of sp³-hybridized carbons (Fsp3) is 0.364. The van der Waals surface area contributed by atoms with Crippen LogP contribution in [0.15, 0.2) is 12.3 Å². The summed E-state index contributed by atoms with van der Waals surface area (Å²) in [5.41, 5.74) is 5.66. The lowest BCUT2D eigenvalue weighted by Gasteiger charge is -2.24. The van der Waals surface area contributed by atoms with Crippen LogP contribution in [-0.4, -0.2) is 34.6 Å². The first kappa shape index (κ1) is 12.2. The lowest BCUT2D eigenvalue weighted by molar-refractivity contribution is -0.122. The Morgan fingerprint density at radius 2 is 2.39 bits per heavy atom. The largest absolute Gasteiger partial charge is 0.478 e. The highest BCUT2D eigenvalue weighted by Gasteiger charge is 2.18. The van der Waals surface area contributed by atoms with Gasteiger partial charge in [0.25, 0.3) is 0 Å². The van der Waals surface area contributed by atoms with Gasteiger partial charge in [-0.25, -0.2) is 9.78 Å². The van der Waals surface area contributed by atoms with Gasteiger partial charge in [-0.05, 0) is 12.5 Å². The first-order valence-corrected chi connectivity index (χ1v) is 5.58. The quantitative estimate of drug-likeness (QED) is 0.602. The number of aromatic nitrogens is 1. The number of nitrogens with zero attached hydrogens (tertiary/aromatic N) is 1. The zero-order chi connectivity index (χ0) is 13.1. The fourth-order valence-corrected chi connectivity index (χ4v) is 1.80. The summed E-state index contributed by atoms with van der Waals surface area (Å²) < 4.78 is 0. The number of nitrogens with one attached hydrogen (secondary N) is 2. The maximum Gasteiger partial charge on any atom is 0.337 e. The van der Waals surface area contributed by atoms with Crippen LogP contribution in [0.1, 0.15) is 23.2 Å². The van der Waals surface area contributed by atoms with Gasteiger partial charge in [-0.3, -0.25) is 4.79 Å². The number of rotatable bonds is 3. The third kappa shape index (κ3) is 2.68. The molecule has 7 nitrogen and oxygen atoms in total. The zero-order valence-corrected chi connectivity index (χ0v) is 9.64. The molecule has 0 spiro atoms. The van der Waals surface area contributed by atoms with Gasteiger partial charge in [0.1, 0.15) is 5.82 Å². The van der Waals surface area contributed by atoms with Gasteiger partial charge in [-0.2, -0.15) is 0 Å². The number of anilines is 2. The van der Waals surface area contributed by atoms with E-state index in [-0.39, 0.29) is 23.2 Å². The molecule has 0 radical (unpaired) electrons. The molecule has 0 saturated carbocycles. The number of carboxylic acids is 1. The van der Waals surface area contributed by atoms with Crippen molar-refractivity contribution in [2.45, 2.75) is 18.9 Å². The summed E-state index contributed by atoms with van der Waals surface area (Å²) >= 11 is 0. The predicted octanol–water partition coefficient (Wildman–Crippen LogP) is 0.0525. The Hall–Kier alpha value is -2.31. The van der Waals surface area contributed by atoms with Crippen LogP contribution in [0.5, 0.6) is 0 Å². The van der Waals surface area contributed by atoms with Crippen molar-refractivity contribution in [3.05, 3.63) is 17.8 Å². The lowest BCUT2D eigenvalue weighted by Crippen LogP contribution is -2.42. The number of nitrogens with two attached hydrogens (primary N) is 1. The number of carboxylic acid groups (broad SMARTS) is 1. The predicted molar refractivity (Wildman–Crippen MR) is 65.3 cm³/mol. The van der Waals surface area contributed by atoms with E-state index in [2.05, 4.69) is 15.6 Å². The topological polar surface area (TPSA) is 117 Å². The van der Waals surface area contributed by atoms with Crippen molar-refractivity contribution < 1.29 is 14.7 Å². The number of nitrogen functional groups attached to an aromatic ring is 1. The van der Waals surface area contributed by atoms with E-state index < -0.39 is 5.97 Å². The van der Waals surface area contributed by atoms with E-state index in [4.69, 9.17) is 10.8 Å². The standard InChI is InChI=1S/C11H14N4O3/c12-8-5-13-9(3-7(8)11(17)18)15-6-1-2-10(16)14-4-6/h3,5-6H,1-2,4,12H2,(H,13,15)(H,14,16)(H,17,18). The third-order valence-electron chi connectivity index (χ3n) is 2.78. The zero-order valence-electron chi connectivity index (χ0n) is 9.64. The normalized spacial score (nSPS) is 19.1. The molecule has 96 valence electrons. The number of piperidine rings is 1. The Bertz CT molecular complexity index is 479. The van der Waals surface area contributed by atoms with Crippen molar-refractivity contribution in [1.82, 2.24) is 10.3 Å². The van der Waals surface area contributed by atoms with Crippen LogP contribution in [0.25, 0.3) is 0 Å². The molecule has 1 aliphatic heterocycles. The molecule has 1 aliphatic rings. The molecule has 1 unspecified atom stereocenters. The van der Waals surface area contributed by atoms with Crippen LogP contribution < -0.4 is 16.4 Å². The van der Waals surface area contributed by atoms with E-state index in [1.807, 2.05) is 0 Å². The second-order valence-electron chi connectivity index (χ2n) is 4.15. The summed E-state index contributed by atoms with van der Waals surface area (Å²) in [6, 6.07) is 1.45. The Morgan fingerprint density at radius 1 is 1.61 bits per heavy atom. The molecule has 1 saturated heterocycles. The van der Waals surface area contributed by atoms with Crippen LogP contribution in [0, 0.1) is 0 Å². The van der Waals surface area contributed by atoms with E-state index in [0.717, 1.165) is 0 Å². The van der Waals surface area contributed by atoms with Crippen molar-refractivity contribution in [1.29, 1.82) is 0 Å². The Kier molecular flexibility index (Phi) is 3.31. The van der Waals surface area contributed by atoms with E-state index in [1.54, 1.807) is 0 Å². The third-order valence-corrected chi connectivity index (χ3v) is 2.78. The Labute approximate surface area is 103 Å². The second kappa shape index (κ2) is 4.91. The number of hydrogen-bond donors (Lipinski definition) is 4. The first-order valence-electron chi connectivity index (χ1n) is 5.58. The minimum absolute atomic E-state index is 0.0207. The summed E-state index contributed by atoms with van der Waals surface area (Å²) in [6.45, 7) is 0.507. The van der Waals surface area contributed by atoms with Gasteiger partial charge >= 0.3 is 5.97 Å². The van der Waals surface area contributed by atoms with Gasteiger partial charge in [0, 0.05) is 19.0 Å². The average molecular weight is 250 g/mol. The molecule has 1 fully saturated rings. The second-order valence-corrected chi connectivity index (χ2v) is 4.15. The van der Waals surface area contributed by atoms with Crippen molar-refractivity contribution in [2.24, 2.45) is 0 Å². The summed E-state index contributed by atoms with van der Waals surface area (Å²) in [7, 11) is 0. The molecule has 2 rings (SSSR count). The number of carbonyl (C=O) groups is 2. The molecule has 18 heavy (non-hydrogen) atoms. The molecule has 2 heterocycles. The lowest BCUT2D eigenvalue weighted by atomic mass is 10.1. The number of pyridine rings is 1. The molecular formula is C11H14N4O3. The number of hydrogen-bond acceptors (Lipinski definition) is 5. The number of amides is 1. The maximum absolute atomic E-state index is 11.0. The highest BCUT2D eigenvalue weighted by Crippen LogP contribution is 2.17. The van der Waals surface area contributed by atoms with Gasteiger partial charge in [-0.1, -0.05) is 0 Å². The highest BCUT2D eigenvalue weighted by molar-refractivity contribution is 5.94. The monoisotopic (exact) mass is 250 g/mol. The van der Waals surface area contributed by atoms with E-state index >= 15 is 0 Å². The van der Waals surface area contributed by atoms with Crippen molar-refractivity contribution in [2.75, 3.05) is 17.6 Å². The van der Waals surface area contributed by atoms with Gasteiger partial charge < -0.3 is 21.5 Å². The number of carbonyl (C=O) groups excluding carboxylic acids is 1. The molecule has 0 aromatic carbocycles. The molecule has 0 bridgehead atoms. The molecule has 1 aromatic heterocycles. The van der Waals surface area contributed by atoms with Crippen LogP contribution >= 0.6 is 0 Å². The van der Waals surface area contributed by atoms with E-state index in [9.17, 15) is 9.59 Å². The van der Waals surface area contributed by atoms with Gasteiger partial charge in [0.05, 0.1) is 17.4 Å². The molecule has 1 amide bonds. The van der Waals surface area contributed by atoms with Crippen LogP contribution in [-0.2, 0) is 4.79 Å². The van der Waals surface area contributed by atoms with Gasteiger partial charge in [0.15, 0.2) is 0 Å². The molecule has 5 N–H and O–H groups in total. The minimum atomic E-state index is -1.09. The smallest absolute Gasteiger partial charge is 0.337 e. The minimum Gasteiger partial charge on any atom is -0.478 e. The number of aromatic carboxylic acids is 1. The van der Waals surface area contributed by atoms with E-state index in [0.29, 0.717) is 25.2 Å². The van der Waals surface area contributed by atoms with Crippen molar-refractivity contribution in [3.63, 3.8) is 0 Å². The Morgan fingerprint density at radius 3 is 3.00 bits per heavy atom. The Balaban J connectivity index is 2.07. The average Bonchev–Trinajstić information content (AvgIpc) is 2.34. The van der Waals surface area contributed by atoms with Gasteiger partial charge in [-0.15, -0.1) is 0 Å². The molecular weight excluding hydrogens is 236 g/mol. The maximum atomic E-state index is 11.0. The van der Waals surface area contributed by atoms with Crippen molar-refractivity contribution >= 4 is 23.4 Å². The highest BCUT2D eigenvalue weighted by atomic mass is 16.4. The first-order chi connectivity index (χ1) is 8.56. The molecule has 1 atom stereocenters. The van der Waals surface area contributed by atoms with Crippen LogP contribution in [0.4, 0.5) is 11.5 Å². The molecule has 7 heteroatoms.